The Morgan fingerprint density at radius 3 is 2.07 bits per heavy atom. The Hall–Kier alpha value is -3.94. The van der Waals surface area contributed by atoms with Crippen LogP contribution in [0.4, 0.5) is 4.79 Å². The number of benzene rings is 2. The number of ether oxygens (including phenoxy) is 1. The number of amides is 1. The Balaban J connectivity index is 0.000000180. The highest BCUT2D eigenvalue weighted by Gasteiger charge is 2.29. The van der Waals surface area contributed by atoms with Gasteiger partial charge in [0.2, 0.25) is 0 Å². The first-order valence-electron chi connectivity index (χ1n) is 15.7. The number of aryl methyl sites for hydroxylation is 2. The Bertz CT molecular complexity index is 1650. The van der Waals surface area contributed by atoms with Gasteiger partial charge >= 0.3 is 6.09 Å². The molecule has 1 amide bonds. The maximum Gasteiger partial charge on any atom is 0.414 e. The van der Waals surface area contributed by atoms with Crippen molar-refractivity contribution in [3.63, 3.8) is 0 Å². The number of carbonyl (C=O) groups is 1. The third kappa shape index (κ3) is 7.35. The van der Waals surface area contributed by atoms with Gasteiger partial charge in [0.25, 0.3) is 0 Å². The van der Waals surface area contributed by atoms with Crippen LogP contribution in [0.3, 0.4) is 0 Å². The molecular formula is C35H46N6O2. The summed E-state index contributed by atoms with van der Waals surface area (Å²) in [5.74, 6) is 1.15. The summed E-state index contributed by atoms with van der Waals surface area (Å²) in [5, 5.41) is 11.5. The van der Waals surface area contributed by atoms with E-state index in [1.54, 1.807) is 4.90 Å². The van der Waals surface area contributed by atoms with Crippen molar-refractivity contribution in [3.05, 3.63) is 66.0 Å². The third-order valence-electron chi connectivity index (χ3n) is 7.97. The summed E-state index contributed by atoms with van der Waals surface area (Å²) < 4.78 is 9.53. The molecular weight excluding hydrogens is 536 g/mol. The Labute approximate surface area is 255 Å². The van der Waals surface area contributed by atoms with Gasteiger partial charge in [-0.3, -0.25) is 19.3 Å². The van der Waals surface area contributed by atoms with Gasteiger partial charge in [0.05, 0.1) is 16.7 Å². The van der Waals surface area contributed by atoms with Gasteiger partial charge in [-0.15, -0.1) is 0 Å². The van der Waals surface area contributed by atoms with Crippen LogP contribution in [0.1, 0.15) is 78.9 Å². The third-order valence-corrected chi connectivity index (χ3v) is 7.97. The number of fused-ring (bicyclic) bond motifs is 2. The highest BCUT2D eigenvalue weighted by molar-refractivity contribution is 6.03. The van der Waals surface area contributed by atoms with Crippen LogP contribution in [0.15, 0.2) is 59.9 Å². The molecule has 0 radical (unpaired) electrons. The summed E-state index contributed by atoms with van der Waals surface area (Å²) in [6.07, 6.45) is 9.30. The molecule has 4 aromatic rings. The van der Waals surface area contributed by atoms with Crippen LogP contribution >= 0.6 is 0 Å². The van der Waals surface area contributed by atoms with Crippen LogP contribution in [0, 0.1) is 11.8 Å². The quantitative estimate of drug-likeness (QED) is 0.245. The first-order chi connectivity index (χ1) is 20.5. The average molecular weight is 583 g/mol. The lowest BCUT2D eigenvalue weighted by Gasteiger charge is -2.33. The first kappa shape index (κ1) is 30.5. The van der Waals surface area contributed by atoms with Crippen molar-refractivity contribution in [2.45, 2.75) is 86.4 Å². The zero-order chi connectivity index (χ0) is 30.7. The zero-order valence-corrected chi connectivity index (χ0v) is 26.8. The number of hydrogen-bond donors (Lipinski definition) is 0. The maximum absolute atomic E-state index is 12.7. The first-order valence-corrected chi connectivity index (χ1v) is 15.7. The standard InChI is InChI=1S/C20H27N3O2.C15H19N3/c1-6-22-13-16-9-8-15(11-17(16)21-22)18-10-7-14(2)12-23(18)19(24)25-20(3,4)5;1-3-18-10-13-6-5-12(8-15(13)17-18)14-7-4-11(2)9-16-14/h8-11,13-14H,6-7,12H2,1-5H3;5-6,8,10-11H,3-4,7,9H2,1-2H3/t14-;11-/m00/s1. The van der Waals surface area contributed by atoms with Gasteiger partial charge in [0, 0.05) is 60.6 Å². The molecule has 2 aromatic heterocycles. The molecule has 2 atom stereocenters. The number of carbonyl (C=O) groups excluding carboxylic acids is 1. The minimum Gasteiger partial charge on any atom is -0.443 e. The molecule has 4 heterocycles. The molecule has 0 saturated carbocycles. The number of nitrogens with zero attached hydrogens (tertiary/aromatic N) is 6. The molecule has 0 unspecified atom stereocenters. The SMILES string of the molecule is CCn1cc2ccc(C3=CC[C@H](C)CN3C(=O)OC(C)(C)C)cc2n1.CCn1cc2ccc(C3=NC[C@@H](C)CC3)cc2n1. The predicted octanol–water partition coefficient (Wildman–Crippen LogP) is 7.95. The molecule has 0 bridgehead atoms. The van der Waals surface area contributed by atoms with Gasteiger partial charge in [0.15, 0.2) is 0 Å². The Morgan fingerprint density at radius 1 is 0.907 bits per heavy atom. The topological polar surface area (TPSA) is 77.5 Å². The van der Waals surface area contributed by atoms with Crippen LogP contribution in [0.5, 0.6) is 0 Å². The smallest absolute Gasteiger partial charge is 0.414 e. The largest absolute Gasteiger partial charge is 0.443 e. The van der Waals surface area contributed by atoms with Crippen molar-refractivity contribution < 1.29 is 9.53 Å². The van der Waals surface area contributed by atoms with Gasteiger partial charge in [-0.2, -0.15) is 10.2 Å². The number of rotatable bonds is 4. The van der Waals surface area contributed by atoms with E-state index in [0.29, 0.717) is 12.5 Å². The summed E-state index contributed by atoms with van der Waals surface area (Å²) in [6.45, 7) is 17.7. The van der Waals surface area contributed by atoms with Crippen molar-refractivity contribution in [3.8, 4) is 0 Å². The Kier molecular flexibility index (Phi) is 9.04. The fourth-order valence-electron chi connectivity index (χ4n) is 5.52. The fourth-order valence-corrected chi connectivity index (χ4v) is 5.52. The molecule has 2 aliphatic rings. The van der Waals surface area contributed by atoms with Gasteiger partial charge in [-0.25, -0.2) is 4.79 Å². The summed E-state index contributed by atoms with van der Waals surface area (Å²) in [6, 6.07) is 12.7. The molecule has 228 valence electrons. The van der Waals surface area contributed by atoms with Gasteiger partial charge in [-0.05, 0) is 83.4 Å². The lowest BCUT2D eigenvalue weighted by molar-refractivity contribution is 0.0327. The molecule has 2 aliphatic heterocycles. The highest BCUT2D eigenvalue weighted by Crippen LogP contribution is 2.31. The maximum atomic E-state index is 12.7. The van der Waals surface area contributed by atoms with Gasteiger partial charge in [0.1, 0.15) is 5.60 Å². The minimum atomic E-state index is -0.507. The van der Waals surface area contributed by atoms with E-state index in [4.69, 9.17) is 9.73 Å². The van der Waals surface area contributed by atoms with E-state index in [-0.39, 0.29) is 6.09 Å². The Morgan fingerprint density at radius 2 is 1.51 bits per heavy atom. The van der Waals surface area contributed by atoms with E-state index in [2.05, 4.69) is 86.6 Å². The second-order valence-corrected chi connectivity index (χ2v) is 13.0. The van der Waals surface area contributed by atoms with E-state index >= 15 is 0 Å². The number of aromatic nitrogens is 4. The fraction of sp³-hybridized carbons (Fsp3) is 0.486. The molecule has 0 spiro atoms. The number of aliphatic imine (C=N–C) groups is 1. The molecule has 8 nitrogen and oxygen atoms in total. The lowest BCUT2D eigenvalue weighted by atomic mass is 9.95. The van der Waals surface area contributed by atoms with Crippen molar-refractivity contribution in [2.75, 3.05) is 13.1 Å². The number of hydrogen-bond acceptors (Lipinski definition) is 5. The van der Waals surface area contributed by atoms with Gasteiger partial charge < -0.3 is 4.74 Å². The number of allylic oxidation sites excluding steroid dienone is 1. The molecule has 6 rings (SSSR count). The van der Waals surface area contributed by atoms with Crippen LogP contribution in [-0.4, -0.2) is 55.0 Å². The summed E-state index contributed by atoms with van der Waals surface area (Å²) >= 11 is 0. The van der Waals surface area contributed by atoms with E-state index in [9.17, 15) is 4.79 Å². The summed E-state index contributed by atoms with van der Waals surface area (Å²) in [4.78, 5) is 19.2. The molecule has 0 aliphatic carbocycles. The molecule has 2 aromatic carbocycles. The molecule has 0 fully saturated rings. The molecule has 0 saturated heterocycles. The minimum absolute atomic E-state index is 0.288. The van der Waals surface area contributed by atoms with Crippen molar-refractivity contribution >= 4 is 39.3 Å². The molecule has 43 heavy (non-hydrogen) atoms. The normalized spacial score (nSPS) is 19.1. The summed E-state index contributed by atoms with van der Waals surface area (Å²) in [5.41, 5.74) is 5.94. The monoisotopic (exact) mass is 582 g/mol. The van der Waals surface area contributed by atoms with Crippen molar-refractivity contribution in [1.29, 1.82) is 0 Å². The highest BCUT2D eigenvalue weighted by atomic mass is 16.6. The van der Waals surface area contributed by atoms with Gasteiger partial charge in [-0.1, -0.05) is 44.2 Å². The predicted molar refractivity (Wildman–Crippen MR) is 175 cm³/mol. The summed E-state index contributed by atoms with van der Waals surface area (Å²) in [7, 11) is 0. The molecule has 0 N–H and O–H groups in total. The average Bonchev–Trinajstić information content (AvgIpc) is 3.60. The van der Waals surface area contributed by atoms with Crippen LogP contribution < -0.4 is 0 Å². The second-order valence-electron chi connectivity index (χ2n) is 13.0. The van der Waals surface area contributed by atoms with E-state index in [1.165, 1.54) is 23.1 Å². The zero-order valence-electron chi connectivity index (χ0n) is 26.8. The van der Waals surface area contributed by atoms with Crippen LogP contribution in [-0.2, 0) is 17.8 Å². The lowest BCUT2D eigenvalue weighted by Crippen LogP contribution is -2.39. The van der Waals surface area contributed by atoms with Crippen molar-refractivity contribution in [2.24, 2.45) is 16.8 Å². The van der Waals surface area contributed by atoms with E-state index < -0.39 is 5.60 Å². The van der Waals surface area contributed by atoms with Crippen molar-refractivity contribution in [1.82, 2.24) is 24.5 Å². The van der Waals surface area contributed by atoms with E-state index in [0.717, 1.165) is 66.1 Å². The second kappa shape index (κ2) is 12.7. The van der Waals surface area contributed by atoms with E-state index in [1.807, 2.05) is 36.3 Å². The van der Waals surface area contributed by atoms with Crippen LogP contribution in [0.2, 0.25) is 0 Å². The van der Waals surface area contributed by atoms with Crippen LogP contribution in [0.25, 0.3) is 27.5 Å². The molecule has 8 heteroatoms.